The van der Waals surface area contributed by atoms with Gasteiger partial charge in [0.1, 0.15) is 5.82 Å². The van der Waals surface area contributed by atoms with Gasteiger partial charge >= 0.3 is 0 Å². The molecule has 0 amide bonds. The molecule has 5 rings (SSSR count). The zero-order valence-corrected chi connectivity index (χ0v) is 14.8. The van der Waals surface area contributed by atoms with Crippen molar-refractivity contribution in [1.29, 1.82) is 0 Å². The van der Waals surface area contributed by atoms with E-state index in [2.05, 4.69) is 45.2 Å². The number of morpholine rings is 1. The Kier molecular flexibility index (Phi) is 3.43. The van der Waals surface area contributed by atoms with Crippen LogP contribution in [0.15, 0.2) is 36.5 Å². The number of rotatable bonds is 2. The summed E-state index contributed by atoms with van der Waals surface area (Å²) in [6.45, 7) is 6.53. The SMILES string of the molecule is Cc1n[nH]c2ccc(-c3cnc4ccc(N5CCO[C@@H](C)C5)nn34)cc12. The Bertz CT molecular complexity index is 1100. The lowest BCUT2D eigenvalue weighted by atomic mass is 10.1. The number of nitrogens with zero attached hydrogens (tertiary/aromatic N) is 5. The number of imidazole rings is 1. The highest BCUT2D eigenvalue weighted by Crippen LogP contribution is 2.26. The van der Waals surface area contributed by atoms with Crippen molar-refractivity contribution in [3.05, 3.63) is 42.2 Å². The lowest BCUT2D eigenvalue weighted by molar-refractivity contribution is 0.0529. The van der Waals surface area contributed by atoms with Gasteiger partial charge in [-0.3, -0.25) is 5.10 Å². The summed E-state index contributed by atoms with van der Waals surface area (Å²) in [6, 6.07) is 10.3. The van der Waals surface area contributed by atoms with Crippen LogP contribution < -0.4 is 4.90 Å². The molecule has 0 spiro atoms. The van der Waals surface area contributed by atoms with Crippen LogP contribution in [-0.4, -0.2) is 50.6 Å². The molecule has 0 saturated carbocycles. The Morgan fingerprint density at radius 3 is 3.04 bits per heavy atom. The Labute approximate surface area is 150 Å². The lowest BCUT2D eigenvalue weighted by Gasteiger charge is -2.31. The zero-order chi connectivity index (χ0) is 17.7. The molecule has 1 aliphatic rings. The van der Waals surface area contributed by atoms with E-state index in [-0.39, 0.29) is 6.10 Å². The minimum absolute atomic E-state index is 0.218. The van der Waals surface area contributed by atoms with E-state index in [4.69, 9.17) is 9.84 Å². The minimum Gasteiger partial charge on any atom is -0.375 e. The van der Waals surface area contributed by atoms with E-state index in [1.807, 2.05) is 29.8 Å². The van der Waals surface area contributed by atoms with E-state index in [1.165, 1.54) is 0 Å². The molecule has 0 aliphatic carbocycles. The molecule has 1 aliphatic heterocycles. The van der Waals surface area contributed by atoms with Gasteiger partial charge in [-0.25, -0.2) is 9.50 Å². The van der Waals surface area contributed by atoms with Crippen molar-refractivity contribution in [3.63, 3.8) is 0 Å². The number of anilines is 1. The number of hydrogen-bond donors (Lipinski definition) is 1. The Hall–Kier alpha value is -2.93. The molecule has 4 aromatic rings. The average molecular weight is 348 g/mol. The van der Waals surface area contributed by atoms with Crippen molar-refractivity contribution in [2.75, 3.05) is 24.6 Å². The van der Waals surface area contributed by atoms with Gasteiger partial charge < -0.3 is 9.64 Å². The van der Waals surface area contributed by atoms with Gasteiger partial charge in [-0.15, -0.1) is 5.10 Å². The van der Waals surface area contributed by atoms with Gasteiger partial charge in [-0.05, 0) is 38.1 Å². The van der Waals surface area contributed by atoms with Crippen molar-refractivity contribution in [2.45, 2.75) is 20.0 Å². The van der Waals surface area contributed by atoms with Crippen molar-refractivity contribution in [1.82, 2.24) is 24.8 Å². The number of nitrogens with one attached hydrogen (secondary N) is 1. The van der Waals surface area contributed by atoms with Gasteiger partial charge in [0.05, 0.1) is 35.8 Å². The van der Waals surface area contributed by atoms with Gasteiger partial charge in [0.2, 0.25) is 0 Å². The van der Waals surface area contributed by atoms with Crippen molar-refractivity contribution < 1.29 is 4.74 Å². The molecule has 0 unspecified atom stereocenters. The molecule has 3 aromatic heterocycles. The predicted molar refractivity (Wildman–Crippen MR) is 100 cm³/mol. The maximum absolute atomic E-state index is 5.64. The second-order valence-corrected chi connectivity index (χ2v) is 6.80. The summed E-state index contributed by atoms with van der Waals surface area (Å²) in [6.07, 6.45) is 2.10. The lowest BCUT2D eigenvalue weighted by Crippen LogP contribution is -2.41. The highest BCUT2D eigenvalue weighted by molar-refractivity contribution is 5.86. The molecule has 132 valence electrons. The van der Waals surface area contributed by atoms with E-state index in [9.17, 15) is 0 Å². The summed E-state index contributed by atoms with van der Waals surface area (Å²) >= 11 is 0. The fourth-order valence-corrected chi connectivity index (χ4v) is 3.56. The zero-order valence-electron chi connectivity index (χ0n) is 14.8. The average Bonchev–Trinajstić information content (AvgIpc) is 3.25. The van der Waals surface area contributed by atoms with E-state index in [0.29, 0.717) is 0 Å². The van der Waals surface area contributed by atoms with Crippen LogP contribution in [0.5, 0.6) is 0 Å². The van der Waals surface area contributed by atoms with Crippen LogP contribution in [0.1, 0.15) is 12.6 Å². The van der Waals surface area contributed by atoms with Crippen LogP contribution in [0.2, 0.25) is 0 Å². The van der Waals surface area contributed by atoms with Gasteiger partial charge in [0, 0.05) is 24.0 Å². The third kappa shape index (κ3) is 2.43. The quantitative estimate of drug-likeness (QED) is 0.603. The topological polar surface area (TPSA) is 71.3 Å². The highest BCUT2D eigenvalue weighted by atomic mass is 16.5. The highest BCUT2D eigenvalue weighted by Gasteiger charge is 2.19. The van der Waals surface area contributed by atoms with E-state index < -0.39 is 0 Å². The number of H-pyrrole nitrogens is 1. The smallest absolute Gasteiger partial charge is 0.154 e. The van der Waals surface area contributed by atoms with Crippen molar-refractivity contribution in [3.8, 4) is 11.3 Å². The van der Waals surface area contributed by atoms with E-state index >= 15 is 0 Å². The van der Waals surface area contributed by atoms with Crippen LogP contribution in [0.4, 0.5) is 5.82 Å². The summed E-state index contributed by atoms with van der Waals surface area (Å²) in [5.74, 6) is 0.951. The standard InChI is InChI=1S/C19H20N6O/c1-12-11-24(7-8-26-12)19-6-5-18-20-10-17(25(18)23-19)14-3-4-16-15(9-14)13(2)21-22-16/h3-6,9-10,12H,7-8,11H2,1-2H3,(H,21,22)/t12-/m0/s1. The molecule has 0 bridgehead atoms. The first-order valence-corrected chi connectivity index (χ1v) is 8.85. The second kappa shape index (κ2) is 5.81. The normalized spacial score (nSPS) is 18.1. The van der Waals surface area contributed by atoms with E-state index in [1.54, 1.807) is 0 Å². The molecule has 1 atom stereocenters. The van der Waals surface area contributed by atoms with Crippen LogP contribution in [0, 0.1) is 6.92 Å². The number of ether oxygens (including phenoxy) is 1. The third-order valence-corrected chi connectivity index (χ3v) is 4.96. The molecule has 1 fully saturated rings. The molecule has 1 N–H and O–H groups in total. The molecule has 7 heteroatoms. The van der Waals surface area contributed by atoms with Crippen LogP contribution >= 0.6 is 0 Å². The number of aromatic amines is 1. The van der Waals surface area contributed by atoms with Gasteiger partial charge in [0.25, 0.3) is 0 Å². The number of aromatic nitrogens is 5. The summed E-state index contributed by atoms with van der Waals surface area (Å²) in [7, 11) is 0. The largest absolute Gasteiger partial charge is 0.375 e. The van der Waals surface area contributed by atoms with Crippen molar-refractivity contribution >= 4 is 22.4 Å². The Balaban J connectivity index is 1.60. The predicted octanol–water partition coefficient (Wildman–Crippen LogP) is 2.81. The number of benzene rings is 1. The van der Waals surface area contributed by atoms with Crippen LogP contribution in [0.25, 0.3) is 27.8 Å². The molecule has 4 heterocycles. The Morgan fingerprint density at radius 1 is 1.23 bits per heavy atom. The molecular formula is C19H20N6O. The number of fused-ring (bicyclic) bond motifs is 2. The van der Waals surface area contributed by atoms with Gasteiger partial charge in [-0.2, -0.15) is 5.10 Å². The number of aryl methyl sites for hydroxylation is 1. The second-order valence-electron chi connectivity index (χ2n) is 6.80. The fourth-order valence-electron chi connectivity index (χ4n) is 3.56. The van der Waals surface area contributed by atoms with E-state index in [0.717, 1.165) is 59.0 Å². The molecule has 1 aromatic carbocycles. The summed E-state index contributed by atoms with van der Waals surface area (Å²) in [4.78, 5) is 6.78. The molecule has 26 heavy (non-hydrogen) atoms. The summed E-state index contributed by atoms with van der Waals surface area (Å²) in [5, 5.41) is 13.3. The molecular weight excluding hydrogens is 328 g/mol. The summed E-state index contributed by atoms with van der Waals surface area (Å²) in [5.41, 5.74) is 4.93. The first kappa shape index (κ1) is 15.3. The molecule has 7 nitrogen and oxygen atoms in total. The summed E-state index contributed by atoms with van der Waals surface area (Å²) < 4.78 is 7.56. The van der Waals surface area contributed by atoms with Crippen molar-refractivity contribution in [2.24, 2.45) is 0 Å². The molecule has 1 saturated heterocycles. The Morgan fingerprint density at radius 2 is 2.15 bits per heavy atom. The maximum Gasteiger partial charge on any atom is 0.154 e. The van der Waals surface area contributed by atoms with Crippen LogP contribution in [0.3, 0.4) is 0 Å². The van der Waals surface area contributed by atoms with Crippen LogP contribution in [-0.2, 0) is 4.74 Å². The number of hydrogen-bond acceptors (Lipinski definition) is 5. The monoisotopic (exact) mass is 348 g/mol. The molecule has 0 radical (unpaired) electrons. The fraction of sp³-hybridized carbons (Fsp3) is 0.316. The minimum atomic E-state index is 0.218. The van der Waals surface area contributed by atoms with Gasteiger partial charge in [0.15, 0.2) is 5.65 Å². The first-order valence-electron chi connectivity index (χ1n) is 8.85. The third-order valence-electron chi connectivity index (χ3n) is 4.96. The van der Waals surface area contributed by atoms with Gasteiger partial charge in [-0.1, -0.05) is 6.07 Å². The maximum atomic E-state index is 5.64. The first-order chi connectivity index (χ1) is 12.7.